The van der Waals surface area contributed by atoms with Crippen LogP contribution in [-0.2, 0) is 4.79 Å². The number of carbonyl (C=O) groups excluding carboxylic acids is 1. The molecule has 1 fully saturated rings. The van der Waals surface area contributed by atoms with Crippen LogP contribution in [0, 0.1) is 18.8 Å². The van der Waals surface area contributed by atoms with Crippen molar-refractivity contribution in [1.82, 2.24) is 10.3 Å². The van der Waals surface area contributed by atoms with E-state index >= 15 is 0 Å². The summed E-state index contributed by atoms with van der Waals surface area (Å²) in [4.78, 5) is 27.2. The van der Waals surface area contributed by atoms with E-state index < -0.39 is 11.9 Å². The van der Waals surface area contributed by atoms with Gasteiger partial charge in [-0.15, -0.1) is 0 Å². The molecular weight excluding hydrogens is 328 g/mol. The van der Waals surface area contributed by atoms with Crippen LogP contribution >= 0.6 is 0 Å². The summed E-state index contributed by atoms with van der Waals surface area (Å²) >= 11 is 0. The molecule has 3 atom stereocenters. The number of para-hydroxylation sites is 1. The number of carboxylic acids is 1. The number of aromatic nitrogens is 1. The molecule has 5 nitrogen and oxygen atoms in total. The van der Waals surface area contributed by atoms with Crippen molar-refractivity contribution >= 4 is 22.8 Å². The molecular formula is C21H20N2O3. The zero-order valence-corrected chi connectivity index (χ0v) is 14.4. The van der Waals surface area contributed by atoms with Crippen molar-refractivity contribution in [1.29, 1.82) is 0 Å². The van der Waals surface area contributed by atoms with Crippen LogP contribution in [0.15, 0.2) is 54.6 Å². The molecule has 1 amide bonds. The quantitative estimate of drug-likeness (QED) is 0.661. The number of benzene rings is 2. The van der Waals surface area contributed by atoms with Crippen LogP contribution in [0.25, 0.3) is 10.9 Å². The Bertz CT molecular complexity index is 977. The van der Waals surface area contributed by atoms with E-state index in [1.165, 1.54) is 0 Å². The molecule has 0 aliphatic heterocycles. The van der Waals surface area contributed by atoms with Gasteiger partial charge in [0, 0.05) is 23.4 Å². The number of H-pyrrole nitrogens is 1. The molecule has 1 heterocycles. The number of hydrogen-bond donors (Lipinski definition) is 3. The van der Waals surface area contributed by atoms with Crippen molar-refractivity contribution in [3.05, 3.63) is 71.4 Å². The van der Waals surface area contributed by atoms with Gasteiger partial charge in [-0.05, 0) is 30.0 Å². The molecule has 2 aromatic carbocycles. The Morgan fingerprint density at radius 1 is 1.12 bits per heavy atom. The number of hydrogen-bond acceptors (Lipinski definition) is 2. The maximum atomic E-state index is 12.5. The maximum Gasteiger partial charge on any atom is 0.307 e. The van der Waals surface area contributed by atoms with Gasteiger partial charge in [-0.3, -0.25) is 9.59 Å². The molecule has 0 saturated heterocycles. The van der Waals surface area contributed by atoms with Crippen molar-refractivity contribution < 1.29 is 14.7 Å². The Morgan fingerprint density at radius 3 is 2.58 bits per heavy atom. The molecule has 1 aliphatic carbocycles. The Morgan fingerprint density at radius 2 is 1.88 bits per heavy atom. The van der Waals surface area contributed by atoms with Crippen LogP contribution in [-0.4, -0.2) is 28.5 Å². The first-order chi connectivity index (χ1) is 12.6. The highest BCUT2D eigenvalue weighted by Gasteiger charge is 2.55. The van der Waals surface area contributed by atoms with E-state index in [9.17, 15) is 14.7 Å². The lowest BCUT2D eigenvalue weighted by atomic mass is 10.1. The maximum absolute atomic E-state index is 12.5. The summed E-state index contributed by atoms with van der Waals surface area (Å²) in [6, 6.07) is 17.4. The predicted octanol–water partition coefficient (Wildman–Crippen LogP) is 3.32. The van der Waals surface area contributed by atoms with E-state index in [0.717, 1.165) is 22.0 Å². The minimum Gasteiger partial charge on any atom is -0.481 e. The van der Waals surface area contributed by atoms with Gasteiger partial charge in [-0.25, -0.2) is 0 Å². The number of carboxylic acid groups (broad SMARTS) is 1. The molecule has 0 bridgehead atoms. The summed E-state index contributed by atoms with van der Waals surface area (Å²) in [6.45, 7) is 2.34. The molecule has 0 radical (unpaired) electrons. The third-order valence-corrected chi connectivity index (χ3v) is 5.25. The highest BCUT2D eigenvalue weighted by molar-refractivity contribution is 5.98. The number of amides is 1. The van der Waals surface area contributed by atoms with Crippen molar-refractivity contribution in [2.24, 2.45) is 11.8 Å². The van der Waals surface area contributed by atoms with Gasteiger partial charge in [-0.1, -0.05) is 48.5 Å². The van der Waals surface area contributed by atoms with Gasteiger partial charge in [0.2, 0.25) is 0 Å². The minimum atomic E-state index is -0.806. The number of rotatable bonds is 5. The number of aliphatic carboxylic acids is 1. The second-order valence-corrected chi connectivity index (χ2v) is 6.90. The van der Waals surface area contributed by atoms with Crippen LogP contribution in [0.4, 0.5) is 0 Å². The number of aromatic amines is 1. The first-order valence-corrected chi connectivity index (χ1v) is 8.70. The van der Waals surface area contributed by atoms with E-state index in [1.54, 1.807) is 0 Å². The Labute approximate surface area is 151 Å². The van der Waals surface area contributed by atoms with Gasteiger partial charge in [0.05, 0.1) is 5.92 Å². The lowest BCUT2D eigenvalue weighted by molar-refractivity contribution is -0.139. The van der Waals surface area contributed by atoms with Gasteiger partial charge in [0.25, 0.3) is 5.91 Å². The van der Waals surface area contributed by atoms with E-state index in [0.29, 0.717) is 12.2 Å². The molecule has 1 aromatic heterocycles. The van der Waals surface area contributed by atoms with Crippen molar-refractivity contribution in [2.75, 3.05) is 6.54 Å². The van der Waals surface area contributed by atoms with E-state index in [1.807, 2.05) is 61.5 Å². The Balaban J connectivity index is 1.46. The highest BCUT2D eigenvalue weighted by atomic mass is 16.4. The molecule has 1 aliphatic rings. The van der Waals surface area contributed by atoms with E-state index in [4.69, 9.17) is 0 Å². The average molecular weight is 348 g/mol. The van der Waals surface area contributed by atoms with E-state index in [-0.39, 0.29) is 17.7 Å². The topological polar surface area (TPSA) is 82.2 Å². The Kier molecular flexibility index (Phi) is 3.99. The largest absolute Gasteiger partial charge is 0.481 e. The number of carbonyl (C=O) groups is 2. The summed E-state index contributed by atoms with van der Waals surface area (Å²) in [5, 5.41) is 13.3. The average Bonchev–Trinajstić information content (AvgIpc) is 3.20. The fraction of sp³-hybridized carbons (Fsp3) is 0.238. The Hall–Kier alpha value is -3.08. The fourth-order valence-corrected chi connectivity index (χ4v) is 3.83. The lowest BCUT2D eigenvalue weighted by Gasteiger charge is -2.03. The molecule has 0 spiro atoms. The van der Waals surface area contributed by atoms with Crippen LogP contribution in [0.2, 0.25) is 0 Å². The zero-order chi connectivity index (χ0) is 18.3. The highest BCUT2D eigenvalue weighted by Crippen LogP contribution is 2.53. The number of nitrogens with one attached hydrogen (secondary N) is 2. The number of aryl methyl sites for hydroxylation is 1. The van der Waals surface area contributed by atoms with Crippen molar-refractivity contribution in [3.63, 3.8) is 0 Å². The smallest absolute Gasteiger partial charge is 0.307 e. The molecule has 1 saturated carbocycles. The van der Waals surface area contributed by atoms with Crippen molar-refractivity contribution in [2.45, 2.75) is 12.8 Å². The third-order valence-electron chi connectivity index (χ3n) is 5.25. The second-order valence-electron chi connectivity index (χ2n) is 6.90. The fourth-order valence-electron chi connectivity index (χ4n) is 3.83. The summed E-state index contributed by atoms with van der Waals surface area (Å²) in [5.74, 6) is -1.57. The van der Waals surface area contributed by atoms with Crippen LogP contribution in [0.1, 0.15) is 27.5 Å². The molecule has 132 valence electrons. The molecule has 3 aromatic rings. The van der Waals surface area contributed by atoms with Gasteiger partial charge in [0.15, 0.2) is 0 Å². The van der Waals surface area contributed by atoms with Crippen LogP contribution < -0.4 is 5.32 Å². The summed E-state index contributed by atoms with van der Waals surface area (Å²) < 4.78 is 0. The first-order valence-electron chi connectivity index (χ1n) is 8.70. The lowest BCUT2D eigenvalue weighted by Crippen LogP contribution is -2.26. The van der Waals surface area contributed by atoms with Gasteiger partial charge in [0.1, 0.15) is 5.69 Å². The third kappa shape index (κ3) is 2.86. The SMILES string of the molecule is Cc1cccc2cc(C(=O)NCC3C(C(=O)O)C3c3ccccc3)[nH]c12. The normalized spacial score (nSPS) is 21.5. The van der Waals surface area contributed by atoms with Gasteiger partial charge in [-0.2, -0.15) is 0 Å². The van der Waals surface area contributed by atoms with E-state index in [2.05, 4.69) is 10.3 Å². The minimum absolute atomic E-state index is 0.0426. The van der Waals surface area contributed by atoms with Gasteiger partial charge >= 0.3 is 5.97 Å². The van der Waals surface area contributed by atoms with Gasteiger partial charge < -0.3 is 15.4 Å². The monoisotopic (exact) mass is 348 g/mol. The number of fused-ring (bicyclic) bond motifs is 1. The second kappa shape index (κ2) is 6.33. The summed E-state index contributed by atoms with van der Waals surface area (Å²) in [5.41, 5.74) is 3.55. The van der Waals surface area contributed by atoms with Crippen molar-refractivity contribution in [3.8, 4) is 0 Å². The molecule has 4 rings (SSSR count). The standard InChI is InChI=1S/C21H20N2O3/c1-12-6-5-9-14-10-16(23-19(12)14)20(24)22-11-15-17(18(15)21(25)26)13-7-3-2-4-8-13/h2-10,15,17-18,23H,11H2,1H3,(H,22,24)(H,25,26). The molecule has 3 N–H and O–H groups in total. The van der Waals surface area contributed by atoms with Crippen LogP contribution in [0.5, 0.6) is 0 Å². The first kappa shape index (κ1) is 16.4. The summed E-state index contributed by atoms with van der Waals surface area (Å²) in [6.07, 6.45) is 0. The summed E-state index contributed by atoms with van der Waals surface area (Å²) in [7, 11) is 0. The molecule has 5 heteroatoms. The molecule has 26 heavy (non-hydrogen) atoms. The van der Waals surface area contributed by atoms with Crippen LogP contribution in [0.3, 0.4) is 0 Å². The molecule has 3 unspecified atom stereocenters. The zero-order valence-electron chi connectivity index (χ0n) is 14.4. The predicted molar refractivity (Wildman–Crippen MR) is 99.2 cm³/mol.